The molecule has 3 heteroatoms. The molecule has 24 heavy (non-hydrogen) atoms. The molecule has 3 aromatic carbocycles. The SMILES string of the molecule is O=CC(=O)OC(c1ccccc1)(c1ccccc1)c1ccccc1. The van der Waals surface area contributed by atoms with Crippen LogP contribution in [-0.2, 0) is 19.9 Å². The summed E-state index contributed by atoms with van der Waals surface area (Å²) in [5, 5.41) is 0. The van der Waals surface area contributed by atoms with Gasteiger partial charge in [0.05, 0.1) is 0 Å². The van der Waals surface area contributed by atoms with E-state index in [0.29, 0.717) is 0 Å². The van der Waals surface area contributed by atoms with Crippen molar-refractivity contribution in [2.45, 2.75) is 5.60 Å². The first-order chi connectivity index (χ1) is 11.8. The van der Waals surface area contributed by atoms with Gasteiger partial charge in [0.25, 0.3) is 0 Å². The maximum atomic E-state index is 12.0. The zero-order chi connectivity index (χ0) is 16.8. The van der Waals surface area contributed by atoms with E-state index in [4.69, 9.17) is 4.74 Å². The number of hydrogen-bond acceptors (Lipinski definition) is 3. The number of esters is 1. The van der Waals surface area contributed by atoms with Gasteiger partial charge in [0.1, 0.15) is 0 Å². The zero-order valence-electron chi connectivity index (χ0n) is 13.0. The minimum atomic E-state index is -1.18. The minimum Gasteiger partial charge on any atom is -0.439 e. The van der Waals surface area contributed by atoms with Crippen LogP contribution in [0.1, 0.15) is 16.7 Å². The van der Waals surface area contributed by atoms with Crippen molar-refractivity contribution in [3.8, 4) is 0 Å². The van der Waals surface area contributed by atoms with Gasteiger partial charge >= 0.3 is 5.97 Å². The van der Waals surface area contributed by atoms with E-state index in [0.717, 1.165) is 16.7 Å². The Morgan fingerprint density at radius 1 is 0.667 bits per heavy atom. The van der Waals surface area contributed by atoms with E-state index in [1.165, 1.54) is 0 Å². The van der Waals surface area contributed by atoms with Crippen molar-refractivity contribution in [1.29, 1.82) is 0 Å². The lowest BCUT2D eigenvalue weighted by Gasteiger charge is -2.34. The van der Waals surface area contributed by atoms with E-state index in [1.54, 1.807) is 0 Å². The van der Waals surface area contributed by atoms with Crippen molar-refractivity contribution in [2.75, 3.05) is 0 Å². The first-order valence-electron chi connectivity index (χ1n) is 7.62. The van der Waals surface area contributed by atoms with Crippen LogP contribution in [0.3, 0.4) is 0 Å². The van der Waals surface area contributed by atoms with Crippen LogP contribution in [0.4, 0.5) is 0 Å². The number of benzene rings is 3. The summed E-state index contributed by atoms with van der Waals surface area (Å²) in [6, 6.07) is 28.3. The number of carbonyl (C=O) groups is 2. The van der Waals surface area contributed by atoms with Gasteiger partial charge in [-0.05, 0) is 0 Å². The number of rotatable bonds is 5. The van der Waals surface area contributed by atoms with Gasteiger partial charge in [-0.25, -0.2) is 4.79 Å². The zero-order valence-corrected chi connectivity index (χ0v) is 13.0. The number of hydrogen-bond donors (Lipinski definition) is 0. The molecule has 3 aromatic rings. The Balaban J connectivity index is 2.32. The van der Waals surface area contributed by atoms with Crippen LogP contribution in [0.2, 0.25) is 0 Å². The highest BCUT2D eigenvalue weighted by Gasteiger charge is 2.40. The molecule has 0 aliphatic carbocycles. The molecule has 0 amide bonds. The molecule has 118 valence electrons. The quantitative estimate of drug-likeness (QED) is 0.312. The highest BCUT2D eigenvalue weighted by atomic mass is 16.6. The Morgan fingerprint density at radius 3 is 1.29 bits per heavy atom. The fourth-order valence-corrected chi connectivity index (χ4v) is 2.87. The first kappa shape index (κ1) is 15.7. The summed E-state index contributed by atoms with van der Waals surface area (Å²) in [5.41, 5.74) is 1.15. The molecule has 3 rings (SSSR count). The summed E-state index contributed by atoms with van der Waals surface area (Å²) >= 11 is 0. The van der Waals surface area contributed by atoms with Crippen molar-refractivity contribution in [3.63, 3.8) is 0 Å². The molecule has 0 aliphatic heterocycles. The maximum absolute atomic E-state index is 12.0. The molecule has 0 spiro atoms. The maximum Gasteiger partial charge on any atom is 0.372 e. The summed E-state index contributed by atoms with van der Waals surface area (Å²) in [4.78, 5) is 23.0. The molecule has 0 aliphatic rings. The summed E-state index contributed by atoms with van der Waals surface area (Å²) in [6.45, 7) is 0. The van der Waals surface area contributed by atoms with Crippen molar-refractivity contribution < 1.29 is 14.3 Å². The van der Waals surface area contributed by atoms with E-state index < -0.39 is 11.6 Å². The normalized spacial score (nSPS) is 10.8. The van der Waals surface area contributed by atoms with Gasteiger partial charge < -0.3 is 4.74 Å². The smallest absolute Gasteiger partial charge is 0.372 e. The Kier molecular flexibility index (Phi) is 4.52. The molecule has 0 unspecified atom stereocenters. The highest BCUT2D eigenvalue weighted by Crippen LogP contribution is 2.40. The standard InChI is InChI=1S/C21H16O3/c22-16-20(23)24-21(17-10-4-1-5-11-17,18-12-6-2-7-13-18)19-14-8-3-9-15-19/h1-16H. The van der Waals surface area contributed by atoms with Gasteiger partial charge in [-0.3, -0.25) is 4.79 Å². The van der Waals surface area contributed by atoms with Gasteiger partial charge in [0.2, 0.25) is 6.29 Å². The molecule has 0 N–H and O–H groups in total. The van der Waals surface area contributed by atoms with Crippen molar-refractivity contribution >= 4 is 12.3 Å². The molecule has 0 saturated carbocycles. The van der Waals surface area contributed by atoms with Crippen LogP contribution < -0.4 is 0 Å². The molecule has 0 heterocycles. The summed E-state index contributed by atoms with van der Waals surface area (Å²) in [6.07, 6.45) is 0.198. The molecular formula is C21H16O3. The third-order valence-electron chi connectivity index (χ3n) is 3.89. The summed E-state index contributed by atoms with van der Waals surface area (Å²) in [7, 11) is 0. The van der Waals surface area contributed by atoms with Crippen molar-refractivity contribution in [2.24, 2.45) is 0 Å². The van der Waals surface area contributed by atoms with Gasteiger partial charge in [-0.2, -0.15) is 0 Å². The van der Waals surface area contributed by atoms with Crippen LogP contribution in [0.5, 0.6) is 0 Å². The van der Waals surface area contributed by atoms with Gasteiger partial charge in [-0.15, -0.1) is 0 Å². The summed E-state index contributed by atoms with van der Waals surface area (Å²) < 4.78 is 5.74. The Morgan fingerprint density at radius 2 is 1.00 bits per heavy atom. The van der Waals surface area contributed by atoms with Crippen LogP contribution in [0.15, 0.2) is 91.0 Å². The van der Waals surface area contributed by atoms with Crippen LogP contribution in [0.25, 0.3) is 0 Å². The second kappa shape index (κ2) is 6.92. The van der Waals surface area contributed by atoms with E-state index in [9.17, 15) is 9.59 Å². The fourth-order valence-electron chi connectivity index (χ4n) is 2.87. The molecule has 0 atom stereocenters. The van der Waals surface area contributed by atoms with Crippen molar-refractivity contribution in [3.05, 3.63) is 108 Å². The average molecular weight is 316 g/mol. The lowest BCUT2D eigenvalue weighted by Crippen LogP contribution is -2.35. The third-order valence-corrected chi connectivity index (χ3v) is 3.89. The van der Waals surface area contributed by atoms with E-state index >= 15 is 0 Å². The molecule has 0 radical (unpaired) electrons. The van der Waals surface area contributed by atoms with Crippen LogP contribution >= 0.6 is 0 Å². The molecule has 0 bridgehead atoms. The third kappa shape index (κ3) is 2.84. The molecular weight excluding hydrogens is 300 g/mol. The van der Waals surface area contributed by atoms with E-state index in [2.05, 4.69) is 0 Å². The molecule has 0 fully saturated rings. The number of aldehydes is 1. The Labute approximate surface area is 140 Å². The molecule has 0 aromatic heterocycles. The number of ether oxygens (including phenoxy) is 1. The predicted octanol–water partition coefficient (Wildman–Crippen LogP) is 3.72. The lowest BCUT2D eigenvalue weighted by molar-refractivity contribution is -0.156. The number of carbonyl (C=O) groups excluding carboxylic acids is 2. The fraction of sp³-hybridized carbons (Fsp3) is 0.0476. The topological polar surface area (TPSA) is 43.4 Å². The average Bonchev–Trinajstić information content (AvgIpc) is 2.68. The van der Waals surface area contributed by atoms with E-state index in [1.807, 2.05) is 91.0 Å². The first-order valence-corrected chi connectivity index (χ1v) is 7.62. The largest absolute Gasteiger partial charge is 0.439 e. The Hall–Kier alpha value is -3.20. The van der Waals surface area contributed by atoms with Gasteiger partial charge in [0.15, 0.2) is 5.60 Å². The van der Waals surface area contributed by atoms with E-state index in [-0.39, 0.29) is 6.29 Å². The Bertz CT molecular complexity index is 715. The summed E-state index contributed by atoms with van der Waals surface area (Å²) in [5.74, 6) is -0.911. The monoisotopic (exact) mass is 316 g/mol. The predicted molar refractivity (Wildman–Crippen MR) is 91.4 cm³/mol. The van der Waals surface area contributed by atoms with Crippen LogP contribution in [-0.4, -0.2) is 12.3 Å². The molecule has 0 saturated heterocycles. The van der Waals surface area contributed by atoms with Crippen molar-refractivity contribution in [1.82, 2.24) is 0 Å². The highest BCUT2D eigenvalue weighted by molar-refractivity contribution is 6.20. The lowest BCUT2D eigenvalue weighted by atomic mass is 9.80. The molecule has 3 nitrogen and oxygen atoms in total. The van der Waals surface area contributed by atoms with Crippen LogP contribution in [0, 0.1) is 0 Å². The minimum absolute atomic E-state index is 0.198. The second-order valence-corrected chi connectivity index (χ2v) is 5.32. The van der Waals surface area contributed by atoms with Gasteiger partial charge in [-0.1, -0.05) is 91.0 Å². The van der Waals surface area contributed by atoms with Gasteiger partial charge in [0, 0.05) is 16.7 Å². The second-order valence-electron chi connectivity index (χ2n) is 5.32.